The highest BCUT2D eigenvalue weighted by molar-refractivity contribution is 9.10. The maximum atomic E-state index is 11.9. The molecule has 0 radical (unpaired) electrons. The molecule has 0 fully saturated rings. The SMILES string of the molecule is CC(Br)C(=O)N1CC(=O)Nc2ccccc21. The normalized spacial score (nSPS) is 16.4. The van der Waals surface area contributed by atoms with E-state index in [-0.39, 0.29) is 23.2 Å². The fraction of sp³-hybridized carbons (Fsp3) is 0.273. The van der Waals surface area contributed by atoms with Gasteiger partial charge in [-0.15, -0.1) is 0 Å². The van der Waals surface area contributed by atoms with Crippen LogP contribution in [0, 0.1) is 0 Å². The molecular weight excluding hydrogens is 272 g/mol. The topological polar surface area (TPSA) is 49.4 Å². The number of amides is 2. The Morgan fingerprint density at radius 3 is 2.88 bits per heavy atom. The molecule has 0 bridgehead atoms. The molecule has 84 valence electrons. The van der Waals surface area contributed by atoms with Crippen molar-refractivity contribution in [2.45, 2.75) is 11.8 Å². The molecule has 0 saturated carbocycles. The van der Waals surface area contributed by atoms with Gasteiger partial charge in [-0.25, -0.2) is 0 Å². The second-order valence-corrected chi connectivity index (χ2v) is 4.98. The molecule has 1 aromatic carbocycles. The second-order valence-electron chi connectivity index (χ2n) is 3.61. The van der Waals surface area contributed by atoms with Crippen LogP contribution in [-0.2, 0) is 9.59 Å². The summed E-state index contributed by atoms with van der Waals surface area (Å²) < 4.78 is 0. The van der Waals surface area contributed by atoms with Gasteiger partial charge in [0.1, 0.15) is 6.54 Å². The van der Waals surface area contributed by atoms with Crippen LogP contribution in [0.4, 0.5) is 11.4 Å². The first-order valence-corrected chi connectivity index (χ1v) is 5.85. The largest absolute Gasteiger partial charge is 0.323 e. The van der Waals surface area contributed by atoms with Crippen LogP contribution in [0.5, 0.6) is 0 Å². The van der Waals surface area contributed by atoms with Gasteiger partial charge >= 0.3 is 0 Å². The zero-order chi connectivity index (χ0) is 11.7. The third-order valence-corrected chi connectivity index (χ3v) is 2.77. The molecule has 1 aromatic rings. The summed E-state index contributed by atoms with van der Waals surface area (Å²) in [6, 6.07) is 7.27. The van der Waals surface area contributed by atoms with Gasteiger partial charge in [0.15, 0.2) is 0 Å². The summed E-state index contributed by atoms with van der Waals surface area (Å²) in [6.45, 7) is 1.82. The molecule has 1 aliphatic heterocycles. The Kier molecular flexibility index (Phi) is 2.96. The van der Waals surface area contributed by atoms with Crippen molar-refractivity contribution < 1.29 is 9.59 Å². The highest BCUT2D eigenvalue weighted by Crippen LogP contribution is 2.29. The molecule has 0 spiro atoms. The van der Waals surface area contributed by atoms with Gasteiger partial charge in [-0.05, 0) is 19.1 Å². The Labute approximate surface area is 102 Å². The summed E-state index contributed by atoms with van der Waals surface area (Å²) in [4.78, 5) is 24.5. The minimum atomic E-state index is -0.300. The Bertz CT molecular complexity index is 445. The van der Waals surface area contributed by atoms with Gasteiger partial charge in [0.25, 0.3) is 0 Å². The minimum absolute atomic E-state index is 0.0752. The molecule has 0 aliphatic carbocycles. The molecule has 0 saturated heterocycles. The molecule has 1 N–H and O–H groups in total. The predicted octanol–water partition coefficient (Wildman–Crippen LogP) is 1.76. The van der Waals surface area contributed by atoms with Gasteiger partial charge in [-0.2, -0.15) is 0 Å². The first kappa shape index (κ1) is 11.1. The summed E-state index contributed by atoms with van der Waals surface area (Å²) in [5.41, 5.74) is 1.43. The lowest BCUT2D eigenvalue weighted by atomic mass is 10.2. The van der Waals surface area contributed by atoms with Crippen molar-refractivity contribution in [3.05, 3.63) is 24.3 Å². The van der Waals surface area contributed by atoms with Crippen LogP contribution >= 0.6 is 15.9 Å². The summed E-state index contributed by atoms with van der Waals surface area (Å²) in [5.74, 6) is -0.275. The average molecular weight is 283 g/mol. The number of benzene rings is 1. The fourth-order valence-corrected chi connectivity index (χ4v) is 1.89. The van der Waals surface area contributed by atoms with E-state index in [0.717, 1.165) is 5.69 Å². The Hall–Kier alpha value is -1.36. The van der Waals surface area contributed by atoms with Crippen molar-refractivity contribution in [2.75, 3.05) is 16.8 Å². The number of nitrogens with one attached hydrogen (secondary N) is 1. The highest BCUT2D eigenvalue weighted by Gasteiger charge is 2.28. The highest BCUT2D eigenvalue weighted by atomic mass is 79.9. The lowest BCUT2D eigenvalue weighted by Gasteiger charge is -2.29. The number of para-hydroxylation sites is 2. The number of halogens is 1. The van der Waals surface area contributed by atoms with Crippen LogP contribution in [0.1, 0.15) is 6.92 Å². The molecule has 2 rings (SSSR count). The molecule has 1 atom stereocenters. The lowest BCUT2D eigenvalue weighted by Crippen LogP contribution is -2.44. The molecule has 1 aliphatic rings. The molecule has 0 aromatic heterocycles. The molecule has 5 heteroatoms. The van der Waals surface area contributed by atoms with Crippen LogP contribution in [0.25, 0.3) is 0 Å². The van der Waals surface area contributed by atoms with Gasteiger partial charge in [0, 0.05) is 0 Å². The van der Waals surface area contributed by atoms with Crippen molar-refractivity contribution in [2.24, 2.45) is 0 Å². The third-order valence-electron chi connectivity index (χ3n) is 2.38. The van der Waals surface area contributed by atoms with Gasteiger partial charge in [0.05, 0.1) is 16.2 Å². The van der Waals surface area contributed by atoms with Gasteiger partial charge in [0.2, 0.25) is 11.8 Å². The zero-order valence-electron chi connectivity index (χ0n) is 8.74. The summed E-state index contributed by atoms with van der Waals surface area (Å²) in [7, 11) is 0. The van der Waals surface area contributed by atoms with Crippen molar-refractivity contribution >= 4 is 39.1 Å². The summed E-state index contributed by atoms with van der Waals surface area (Å²) in [5, 5.41) is 2.74. The number of carbonyl (C=O) groups excluding carboxylic acids is 2. The maximum absolute atomic E-state index is 11.9. The van der Waals surface area contributed by atoms with E-state index in [4.69, 9.17) is 0 Å². The number of carbonyl (C=O) groups is 2. The number of nitrogens with zero attached hydrogens (tertiary/aromatic N) is 1. The van der Waals surface area contributed by atoms with E-state index in [2.05, 4.69) is 21.2 Å². The molecular formula is C11H11BrN2O2. The van der Waals surface area contributed by atoms with Crippen LogP contribution in [0.2, 0.25) is 0 Å². The number of hydrogen-bond donors (Lipinski definition) is 1. The standard InChI is InChI=1S/C11H11BrN2O2/c1-7(12)11(16)14-6-10(15)13-8-4-2-3-5-9(8)14/h2-5,7H,6H2,1H3,(H,13,15). The Balaban J connectivity index is 2.41. The average Bonchev–Trinajstić information content (AvgIpc) is 2.26. The molecule has 1 unspecified atom stereocenters. The predicted molar refractivity (Wildman–Crippen MR) is 65.8 cm³/mol. The summed E-state index contributed by atoms with van der Waals surface area (Å²) in [6.07, 6.45) is 0. The molecule has 2 amide bonds. The van der Waals surface area contributed by atoms with E-state index < -0.39 is 0 Å². The van der Waals surface area contributed by atoms with E-state index in [1.807, 2.05) is 18.2 Å². The molecule has 1 heterocycles. The lowest BCUT2D eigenvalue weighted by molar-refractivity contribution is -0.121. The van der Waals surface area contributed by atoms with E-state index in [1.54, 1.807) is 13.0 Å². The number of alkyl halides is 1. The van der Waals surface area contributed by atoms with E-state index in [1.165, 1.54) is 4.90 Å². The zero-order valence-corrected chi connectivity index (χ0v) is 10.3. The van der Waals surface area contributed by atoms with E-state index in [9.17, 15) is 9.59 Å². The Morgan fingerprint density at radius 2 is 2.19 bits per heavy atom. The van der Waals surface area contributed by atoms with E-state index in [0.29, 0.717) is 5.69 Å². The molecule has 4 nitrogen and oxygen atoms in total. The molecule has 16 heavy (non-hydrogen) atoms. The number of hydrogen-bond acceptors (Lipinski definition) is 2. The van der Waals surface area contributed by atoms with Crippen LogP contribution in [0.3, 0.4) is 0 Å². The smallest absolute Gasteiger partial charge is 0.244 e. The van der Waals surface area contributed by atoms with Crippen molar-refractivity contribution in [1.29, 1.82) is 0 Å². The van der Waals surface area contributed by atoms with Gasteiger partial charge in [-0.3, -0.25) is 14.5 Å². The fourth-order valence-electron chi connectivity index (χ4n) is 1.64. The second kappa shape index (κ2) is 4.25. The van der Waals surface area contributed by atoms with Crippen LogP contribution < -0.4 is 10.2 Å². The first-order chi connectivity index (χ1) is 7.59. The monoisotopic (exact) mass is 282 g/mol. The number of rotatable bonds is 1. The van der Waals surface area contributed by atoms with Crippen molar-refractivity contribution in [1.82, 2.24) is 0 Å². The van der Waals surface area contributed by atoms with Crippen molar-refractivity contribution in [3.63, 3.8) is 0 Å². The third kappa shape index (κ3) is 1.95. The van der Waals surface area contributed by atoms with Gasteiger partial charge < -0.3 is 5.32 Å². The van der Waals surface area contributed by atoms with Crippen LogP contribution in [-0.4, -0.2) is 23.2 Å². The summed E-state index contributed by atoms with van der Waals surface area (Å²) >= 11 is 3.22. The van der Waals surface area contributed by atoms with E-state index >= 15 is 0 Å². The minimum Gasteiger partial charge on any atom is -0.323 e. The number of fused-ring (bicyclic) bond motifs is 1. The number of anilines is 2. The van der Waals surface area contributed by atoms with Crippen molar-refractivity contribution in [3.8, 4) is 0 Å². The van der Waals surface area contributed by atoms with Gasteiger partial charge in [-0.1, -0.05) is 28.1 Å². The van der Waals surface area contributed by atoms with Crippen LogP contribution in [0.15, 0.2) is 24.3 Å². The first-order valence-electron chi connectivity index (χ1n) is 4.94. The maximum Gasteiger partial charge on any atom is 0.244 e. The Morgan fingerprint density at radius 1 is 1.50 bits per heavy atom. The quantitative estimate of drug-likeness (QED) is 0.798.